The first-order valence-electron chi connectivity index (χ1n) is 9.37. The summed E-state index contributed by atoms with van der Waals surface area (Å²) in [6.45, 7) is 9.62. The lowest BCUT2D eigenvalue weighted by atomic mass is 9.85. The number of rotatable bonds is 9. The van der Waals surface area contributed by atoms with Gasteiger partial charge in [0.1, 0.15) is 0 Å². The Morgan fingerprint density at radius 1 is 1.28 bits per heavy atom. The highest BCUT2D eigenvalue weighted by Crippen LogP contribution is 2.27. The Morgan fingerprint density at radius 3 is 2.64 bits per heavy atom. The minimum Gasteiger partial charge on any atom is -0.357 e. The highest BCUT2D eigenvalue weighted by atomic mass is 32.1. The SMILES string of the molecule is CCNC(=NCC(C)(C)c1cccs1)NCCCNC(=O)C1CCC1. The Hall–Kier alpha value is -1.56. The molecule has 3 N–H and O–H groups in total. The average Bonchev–Trinajstić information content (AvgIpc) is 3.05. The number of carbonyl (C=O) groups is 1. The average molecular weight is 365 g/mol. The van der Waals surface area contributed by atoms with Crippen LogP contribution in [0.25, 0.3) is 0 Å². The fraction of sp³-hybridized carbons (Fsp3) is 0.684. The molecule has 0 saturated heterocycles. The zero-order chi connectivity index (χ0) is 18.1. The van der Waals surface area contributed by atoms with E-state index in [0.717, 1.165) is 51.4 Å². The number of carbonyl (C=O) groups excluding carboxylic acids is 1. The maximum absolute atomic E-state index is 11.8. The molecule has 0 radical (unpaired) electrons. The Kier molecular flexibility index (Phi) is 7.75. The van der Waals surface area contributed by atoms with Gasteiger partial charge >= 0.3 is 0 Å². The molecule has 0 aliphatic heterocycles. The summed E-state index contributed by atoms with van der Waals surface area (Å²) in [6.07, 6.45) is 4.21. The van der Waals surface area contributed by atoms with E-state index in [1.807, 2.05) is 0 Å². The van der Waals surface area contributed by atoms with Crippen molar-refractivity contribution in [3.63, 3.8) is 0 Å². The van der Waals surface area contributed by atoms with Crippen LogP contribution in [0.1, 0.15) is 51.3 Å². The van der Waals surface area contributed by atoms with Crippen molar-refractivity contribution in [2.24, 2.45) is 10.9 Å². The van der Waals surface area contributed by atoms with Gasteiger partial charge in [-0.25, -0.2) is 0 Å². The van der Waals surface area contributed by atoms with Crippen LogP contribution in [0.5, 0.6) is 0 Å². The van der Waals surface area contributed by atoms with Gasteiger partial charge in [0.2, 0.25) is 5.91 Å². The summed E-state index contributed by atoms with van der Waals surface area (Å²) in [7, 11) is 0. The molecule has 140 valence electrons. The maximum atomic E-state index is 11.8. The summed E-state index contributed by atoms with van der Waals surface area (Å²) in [4.78, 5) is 17.9. The van der Waals surface area contributed by atoms with Crippen LogP contribution in [0.2, 0.25) is 0 Å². The second-order valence-electron chi connectivity index (χ2n) is 7.26. The summed E-state index contributed by atoms with van der Waals surface area (Å²) in [5.74, 6) is 1.34. The minimum absolute atomic E-state index is 0.0350. The number of guanidine groups is 1. The molecule has 0 atom stereocenters. The van der Waals surface area contributed by atoms with Crippen molar-refractivity contribution in [2.45, 2.75) is 51.9 Å². The number of hydrogen-bond acceptors (Lipinski definition) is 3. The molecule has 5 nitrogen and oxygen atoms in total. The lowest BCUT2D eigenvalue weighted by Gasteiger charge is -2.24. The Bertz CT molecular complexity index is 550. The molecule has 1 amide bonds. The van der Waals surface area contributed by atoms with Crippen LogP contribution < -0.4 is 16.0 Å². The fourth-order valence-corrected chi connectivity index (χ4v) is 3.53. The number of nitrogens with one attached hydrogen (secondary N) is 3. The van der Waals surface area contributed by atoms with Crippen molar-refractivity contribution in [3.8, 4) is 0 Å². The van der Waals surface area contributed by atoms with Crippen LogP contribution in [0.4, 0.5) is 0 Å². The molecule has 1 aliphatic carbocycles. The molecule has 1 fully saturated rings. The van der Waals surface area contributed by atoms with Gasteiger partial charge in [0.15, 0.2) is 5.96 Å². The Labute approximate surface area is 155 Å². The molecule has 25 heavy (non-hydrogen) atoms. The minimum atomic E-state index is 0.0350. The zero-order valence-corrected chi connectivity index (χ0v) is 16.5. The lowest BCUT2D eigenvalue weighted by molar-refractivity contribution is -0.127. The number of amides is 1. The second kappa shape index (κ2) is 9.80. The molecule has 0 unspecified atom stereocenters. The van der Waals surface area contributed by atoms with Gasteiger partial charge in [0, 0.05) is 35.8 Å². The van der Waals surface area contributed by atoms with E-state index in [1.54, 1.807) is 11.3 Å². The molecule has 1 aromatic rings. The van der Waals surface area contributed by atoms with E-state index in [-0.39, 0.29) is 17.2 Å². The summed E-state index contributed by atoms with van der Waals surface area (Å²) < 4.78 is 0. The van der Waals surface area contributed by atoms with Gasteiger partial charge in [-0.1, -0.05) is 26.3 Å². The maximum Gasteiger partial charge on any atom is 0.223 e. The molecule has 6 heteroatoms. The third kappa shape index (κ3) is 6.34. The first-order valence-corrected chi connectivity index (χ1v) is 10.2. The van der Waals surface area contributed by atoms with Crippen LogP contribution in [0.3, 0.4) is 0 Å². The van der Waals surface area contributed by atoms with Crippen molar-refractivity contribution in [1.82, 2.24) is 16.0 Å². The molecule has 1 saturated carbocycles. The van der Waals surface area contributed by atoms with Gasteiger partial charge < -0.3 is 16.0 Å². The van der Waals surface area contributed by atoms with Crippen LogP contribution in [-0.2, 0) is 10.2 Å². The summed E-state index contributed by atoms with van der Waals surface area (Å²) >= 11 is 1.78. The van der Waals surface area contributed by atoms with Gasteiger partial charge in [0.05, 0.1) is 6.54 Å². The summed E-state index contributed by atoms with van der Waals surface area (Å²) in [6, 6.07) is 4.26. The largest absolute Gasteiger partial charge is 0.357 e. The van der Waals surface area contributed by atoms with Crippen molar-refractivity contribution in [3.05, 3.63) is 22.4 Å². The van der Waals surface area contributed by atoms with Gasteiger partial charge in [-0.2, -0.15) is 0 Å². The molecular weight excluding hydrogens is 332 g/mol. The highest BCUT2D eigenvalue weighted by molar-refractivity contribution is 7.10. The van der Waals surface area contributed by atoms with E-state index >= 15 is 0 Å². The third-order valence-electron chi connectivity index (χ3n) is 4.59. The van der Waals surface area contributed by atoms with Crippen molar-refractivity contribution < 1.29 is 4.79 Å². The van der Waals surface area contributed by atoms with Gasteiger partial charge in [0.25, 0.3) is 0 Å². The van der Waals surface area contributed by atoms with Crippen LogP contribution in [0, 0.1) is 5.92 Å². The fourth-order valence-electron chi connectivity index (χ4n) is 2.68. The molecule has 1 aliphatic rings. The number of thiophene rings is 1. The second-order valence-corrected chi connectivity index (χ2v) is 8.20. The normalized spacial score (nSPS) is 15.6. The summed E-state index contributed by atoms with van der Waals surface area (Å²) in [5, 5.41) is 11.8. The van der Waals surface area contributed by atoms with Crippen LogP contribution in [0.15, 0.2) is 22.5 Å². The number of nitrogens with zero attached hydrogens (tertiary/aromatic N) is 1. The Morgan fingerprint density at radius 2 is 2.04 bits per heavy atom. The Balaban J connectivity index is 1.71. The van der Waals surface area contributed by atoms with Crippen LogP contribution in [-0.4, -0.2) is 38.0 Å². The van der Waals surface area contributed by atoms with Crippen LogP contribution >= 0.6 is 11.3 Å². The summed E-state index contributed by atoms with van der Waals surface area (Å²) in [5.41, 5.74) is 0.0350. The van der Waals surface area contributed by atoms with E-state index in [1.165, 1.54) is 11.3 Å². The van der Waals surface area contributed by atoms with E-state index in [0.29, 0.717) is 0 Å². The molecular formula is C19H32N4OS. The predicted octanol–water partition coefficient (Wildman–Crippen LogP) is 2.89. The van der Waals surface area contributed by atoms with E-state index in [4.69, 9.17) is 4.99 Å². The van der Waals surface area contributed by atoms with Gasteiger partial charge in [-0.05, 0) is 37.6 Å². The molecule has 2 rings (SSSR count). The number of aliphatic imine (C=N–C) groups is 1. The third-order valence-corrected chi connectivity index (χ3v) is 5.82. The molecule has 0 bridgehead atoms. The van der Waals surface area contributed by atoms with Gasteiger partial charge in [-0.15, -0.1) is 11.3 Å². The smallest absolute Gasteiger partial charge is 0.223 e. The lowest BCUT2D eigenvalue weighted by Crippen LogP contribution is -2.40. The van der Waals surface area contributed by atoms with Gasteiger partial charge in [-0.3, -0.25) is 9.79 Å². The van der Waals surface area contributed by atoms with Crippen molar-refractivity contribution >= 4 is 23.2 Å². The van der Waals surface area contributed by atoms with Crippen molar-refractivity contribution in [1.29, 1.82) is 0 Å². The van der Waals surface area contributed by atoms with E-state index in [9.17, 15) is 4.79 Å². The predicted molar refractivity (Wildman–Crippen MR) is 106 cm³/mol. The van der Waals surface area contributed by atoms with E-state index < -0.39 is 0 Å². The zero-order valence-electron chi connectivity index (χ0n) is 15.7. The number of hydrogen-bond donors (Lipinski definition) is 3. The topological polar surface area (TPSA) is 65.5 Å². The standard InChI is InChI=1S/C19H32N4OS/c1-4-20-18(23-14-19(2,3)16-10-6-13-25-16)22-12-7-11-21-17(24)15-8-5-9-15/h6,10,13,15H,4-5,7-9,11-12,14H2,1-3H3,(H,21,24)(H2,20,22,23). The monoisotopic (exact) mass is 364 g/mol. The molecule has 1 aromatic heterocycles. The molecule has 0 spiro atoms. The quantitative estimate of drug-likeness (QED) is 0.359. The first kappa shape index (κ1) is 19.8. The molecule has 0 aromatic carbocycles. The van der Waals surface area contributed by atoms with Crippen molar-refractivity contribution in [2.75, 3.05) is 26.2 Å². The molecule has 1 heterocycles. The first-order chi connectivity index (χ1) is 12.0. The van der Waals surface area contributed by atoms with E-state index in [2.05, 4.69) is 54.2 Å². The highest BCUT2D eigenvalue weighted by Gasteiger charge is 2.24.